The smallest absolute Gasteiger partial charge is 0.146 e. The van der Waals surface area contributed by atoms with Crippen LogP contribution in [-0.2, 0) is 0 Å². The van der Waals surface area contributed by atoms with Crippen LogP contribution in [-0.4, -0.2) is 13.6 Å². The van der Waals surface area contributed by atoms with Gasteiger partial charge in [-0.05, 0) is 30.4 Å². The van der Waals surface area contributed by atoms with Gasteiger partial charge in [0, 0.05) is 13.6 Å². The van der Waals surface area contributed by atoms with Gasteiger partial charge in [-0.25, -0.2) is 4.39 Å². The molecule has 1 unspecified atom stereocenters. The maximum Gasteiger partial charge on any atom is 0.146 e. The van der Waals surface area contributed by atoms with Crippen molar-refractivity contribution in [3.8, 4) is 0 Å². The predicted molar refractivity (Wildman–Crippen MR) is 57.3 cm³/mol. The summed E-state index contributed by atoms with van der Waals surface area (Å²) >= 11 is 0. The van der Waals surface area contributed by atoms with Crippen LogP contribution in [0.5, 0.6) is 0 Å². The Morgan fingerprint density at radius 3 is 3.00 bits per heavy atom. The second kappa shape index (κ2) is 3.60. The maximum absolute atomic E-state index is 13.6. The van der Waals surface area contributed by atoms with E-state index in [-0.39, 0.29) is 5.82 Å². The molecule has 1 aromatic rings. The van der Waals surface area contributed by atoms with Gasteiger partial charge in [-0.1, -0.05) is 19.1 Å². The largest absolute Gasteiger partial charge is 0.372 e. The minimum atomic E-state index is -0.0804. The van der Waals surface area contributed by atoms with Gasteiger partial charge in [0.05, 0.1) is 5.69 Å². The molecule has 0 aliphatic carbocycles. The van der Waals surface area contributed by atoms with E-state index < -0.39 is 0 Å². The molecule has 1 atom stereocenters. The van der Waals surface area contributed by atoms with E-state index in [9.17, 15) is 4.39 Å². The van der Waals surface area contributed by atoms with Crippen molar-refractivity contribution in [2.24, 2.45) is 0 Å². The number of anilines is 1. The van der Waals surface area contributed by atoms with Crippen LogP contribution in [0.3, 0.4) is 0 Å². The SMILES string of the molecule is CCC1CCN(C)c2c(F)cccc21. The average Bonchev–Trinajstić information content (AvgIpc) is 2.18. The van der Waals surface area contributed by atoms with E-state index in [0.29, 0.717) is 5.92 Å². The molecule has 1 nitrogen and oxygen atoms in total. The standard InChI is InChI=1S/C12H16FN/c1-3-9-7-8-14(2)12-10(9)5-4-6-11(12)13/h4-6,9H,3,7-8H2,1-2H3. The number of benzene rings is 1. The first-order valence-electron chi connectivity index (χ1n) is 5.23. The lowest BCUT2D eigenvalue weighted by Crippen LogP contribution is -2.28. The highest BCUT2D eigenvalue weighted by atomic mass is 19.1. The third kappa shape index (κ3) is 1.39. The van der Waals surface area contributed by atoms with E-state index in [0.717, 1.165) is 25.1 Å². The Morgan fingerprint density at radius 2 is 2.29 bits per heavy atom. The number of hydrogen-bond acceptors (Lipinski definition) is 1. The van der Waals surface area contributed by atoms with Gasteiger partial charge >= 0.3 is 0 Å². The van der Waals surface area contributed by atoms with Gasteiger partial charge in [0.1, 0.15) is 5.82 Å². The quantitative estimate of drug-likeness (QED) is 0.662. The van der Waals surface area contributed by atoms with E-state index in [4.69, 9.17) is 0 Å². The molecule has 1 heterocycles. The third-order valence-electron chi connectivity index (χ3n) is 3.15. The first-order chi connectivity index (χ1) is 6.74. The third-order valence-corrected chi connectivity index (χ3v) is 3.15. The van der Waals surface area contributed by atoms with Crippen LogP contribution in [0.2, 0.25) is 0 Å². The Bertz CT molecular complexity index is 335. The number of hydrogen-bond donors (Lipinski definition) is 0. The highest BCUT2D eigenvalue weighted by Crippen LogP contribution is 2.37. The predicted octanol–water partition coefficient (Wildman–Crippen LogP) is 3.16. The number of halogens is 1. The Morgan fingerprint density at radius 1 is 1.50 bits per heavy atom. The summed E-state index contributed by atoms with van der Waals surface area (Å²) in [4.78, 5) is 2.02. The molecule has 0 bridgehead atoms. The number of nitrogens with zero attached hydrogens (tertiary/aromatic N) is 1. The van der Waals surface area contributed by atoms with Gasteiger partial charge < -0.3 is 4.90 Å². The highest BCUT2D eigenvalue weighted by molar-refractivity contribution is 5.57. The molecule has 0 fully saturated rings. The van der Waals surface area contributed by atoms with Crippen molar-refractivity contribution in [1.82, 2.24) is 0 Å². The lowest BCUT2D eigenvalue weighted by molar-refractivity contribution is 0.551. The molecule has 2 rings (SSSR count). The van der Waals surface area contributed by atoms with Crippen molar-refractivity contribution in [2.45, 2.75) is 25.7 Å². The van der Waals surface area contributed by atoms with Gasteiger partial charge in [-0.15, -0.1) is 0 Å². The highest BCUT2D eigenvalue weighted by Gasteiger charge is 2.24. The molecule has 0 N–H and O–H groups in total. The molecule has 76 valence electrons. The first kappa shape index (κ1) is 9.50. The Balaban J connectivity index is 2.50. The van der Waals surface area contributed by atoms with Crippen LogP contribution in [0.15, 0.2) is 18.2 Å². The van der Waals surface area contributed by atoms with Crippen molar-refractivity contribution < 1.29 is 4.39 Å². The van der Waals surface area contributed by atoms with Crippen LogP contribution in [0.4, 0.5) is 10.1 Å². The van der Waals surface area contributed by atoms with Gasteiger partial charge in [-0.3, -0.25) is 0 Å². The zero-order valence-corrected chi connectivity index (χ0v) is 8.76. The lowest BCUT2D eigenvalue weighted by Gasteiger charge is -2.32. The Hall–Kier alpha value is -1.05. The fourth-order valence-corrected chi connectivity index (χ4v) is 2.30. The number of para-hydroxylation sites is 1. The van der Waals surface area contributed by atoms with Crippen LogP contribution >= 0.6 is 0 Å². The zero-order valence-electron chi connectivity index (χ0n) is 8.76. The number of rotatable bonds is 1. The average molecular weight is 193 g/mol. The fraction of sp³-hybridized carbons (Fsp3) is 0.500. The Labute approximate surface area is 84.5 Å². The van der Waals surface area contributed by atoms with Crippen molar-refractivity contribution in [1.29, 1.82) is 0 Å². The normalized spacial score (nSPS) is 20.8. The summed E-state index contributed by atoms with van der Waals surface area (Å²) in [5.41, 5.74) is 1.99. The molecule has 0 saturated heterocycles. The molecule has 0 radical (unpaired) electrons. The molecular formula is C12H16FN. The molecule has 0 amide bonds. The van der Waals surface area contributed by atoms with Crippen molar-refractivity contribution in [3.63, 3.8) is 0 Å². The number of fused-ring (bicyclic) bond motifs is 1. The van der Waals surface area contributed by atoms with E-state index >= 15 is 0 Å². The van der Waals surface area contributed by atoms with Gasteiger partial charge in [0.2, 0.25) is 0 Å². The summed E-state index contributed by atoms with van der Waals surface area (Å²) in [6.07, 6.45) is 2.24. The molecule has 0 aromatic heterocycles. The minimum Gasteiger partial charge on any atom is -0.372 e. The fourth-order valence-electron chi connectivity index (χ4n) is 2.30. The van der Waals surface area contributed by atoms with Crippen LogP contribution in [0.1, 0.15) is 31.2 Å². The van der Waals surface area contributed by atoms with Crippen molar-refractivity contribution in [2.75, 3.05) is 18.5 Å². The molecule has 0 saturated carbocycles. The second-order valence-electron chi connectivity index (χ2n) is 3.99. The molecule has 1 aromatic carbocycles. The summed E-state index contributed by atoms with van der Waals surface area (Å²) in [5, 5.41) is 0. The minimum absolute atomic E-state index is 0.0804. The summed E-state index contributed by atoms with van der Waals surface area (Å²) in [7, 11) is 1.97. The molecule has 14 heavy (non-hydrogen) atoms. The lowest BCUT2D eigenvalue weighted by atomic mass is 9.88. The first-order valence-corrected chi connectivity index (χ1v) is 5.23. The topological polar surface area (TPSA) is 3.24 Å². The monoisotopic (exact) mass is 193 g/mol. The van der Waals surface area contributed by atoms with Gasteiger partial charge in [0.15, 0.2) is 0 Å². The summed E-state index contributed by atoms with van der Waals surface area (Å²) in [6.45, 7) is 3.14. The molecule has 1 aliphatic heterocycles. The van der Waals surface area contributed by atoms with Crippen LogP contribution in [0, 0.1) is 5.82 Å². The van der Waals surface area contributed by atoms with Gasteiger partial charge in [-0.2, -0.15) is 0 Å². The van der Waals surface area contributed by atoms with Crippen molar-refractivity contribution >= 4 is 5.69 Å². The van der Waals surface area contributed by atoms with Crippen LogP contribution < -0.4 is 4.90 Å². The zero-order chi connectivity index (χ0) is 10.1. The van der Waals surface area contributed by atoms with Crippen LogP contribution in [0.25, 0.3) is 0 Å². The maximum atomic E-state index is 13.6. The van der Waals surface area contributed by atoms with E-state index in [1.165, 1.54) is 5.56 Å². The van der Waals surface area contributed by atoms with Gasteiger partial charge in [0.25, 0.3) is 0 Å². The second-order valence-corrected chi connectivity index (χ2v) is 3.99. The van der Waals surface area contributed by atoms with E-state index in [1.807, 2.05) is 18.0 Å². The van der Waals surface area contributed by atoms with Crippen molar-refractivity contribution in [3.05, 3.63) is 29.6 Å². The summed E-state index contributed by atoms with van der Waals surface area (Å²) < 4.78 is 13.6. The summed E-state index contributed by atoms with van der Waals surface area (Å²) in [6, 6.07) is 5.42. The molecule has 1 aliphatic rings. The molecule has 0 spiro atoms. The van der Waals surface area contributed by atoms with E-state index in [2.05, 4.69) is 13.0 Å². The molecular weight excluding hydrogens is 177 g/mol. The summed E-state index contributed by atoms with van der Waals surface area (Å²) in [5.74, 6) is 0.458. The van der Waals surface area contributed by atoms with E-state index in [1.54, 1.807) is 6.07 Å². The molecule has 2 heteroatoms. The Kier molecular flexibility index (Phi) is 2.44.